The average Bonchev–Trinajstić information content (AvgIpc) is 2.54. The Morgan fingerprint density at radius 3 is 2.96 bits per heavy atom. The van der Waals surface area contributed by atoms with Gasteiger partial charge in [-0.25, -0.2) is 9.18 Å². The van der Waals surface area contributed by atoms with E-state index in [-0.39, 0.29) is 11.6 Å². The van der Waals surface area contributed by atoms with Crippen LogP contribution in [0.4, 0.5) is 9.18 Å². The molecule has 0 unspecified atom stereocenters. The first-order chi connectivity index (χ1) is 11.0. The van der Waals surface area contributed by atoms with Gasteiger partial charge in [-0.3, -0.25) is 0 Å². The zero-order valence-electron chi connectivity index (χ0n) is 12.6. The van der Waals surface area contributed by atoms with E-state index < -0.39 is 11.9 Å². The summed E-state index contributed by atoms with van der Waals surface area (Å²) in [6, 6.07) is 4.71. The summed E-state index contributed by atoms with van der Waals surface area (Å²) < 4.78 is 19.4. The Balaban J connectivity index is 1.87. The largest absolute Gasteiger partial charge is 0.489 e. The molecule has 1 atom stereocenters. The van der Waals surface area contributed by atoms with Crippen molar-refractivity contribution in [1.82, 2.24) is 9.80 Å². The van der Waals surface area contributed by atoms with Crippen molar-refractivity contribution in [2.24, 2.45) is 0 Å². The molecule has 2 aliphatic rings. The van der Waals surface area contributed by atoms with Gasteiger partial charge in [-0.05, 0) is 24.6 Å². The molecule has 120 valence electrons. The van der Waals surface area contributed by atoms with Gasteiger partial charge in [0.25, 0.3) is 0 Å². The summed E-state index contributed by atoms with van der Waals surface area (Å²) in [5.74, 6) is 0.0390. The quantitative estimate of drug-likeness (QED) is 0.857. The second-order valence-corrected chi connectivity index (χ2v) is 5.63. The van der Waals surface area contributed by atoms with Gasteiger partial charge in [-0.15, -0.1) is 0 Å². The predicted molar refractivity (Wildman–Crippen MR) is 79.9 cm³/mol. The van der Waals surface area contributed by atoms with Crippen molar-refractivity contribution in [1.29, 1.82) is 5.26 Å². The minimum atomic E-state index is -0.924. The van der Waals surface area contributed by atoms with E-state index in [1.165, 1.54) is 11.0 Å². The van der Waals surface area contributed by atoms with Crippen LogP contribution in [0.5, 0.6) is 0 Å². The van der Waals surface area contributed by atoms with Gasteiger partial charge in [0.05, 0.1) is 11.6 Å². The molecule has 2 aliphatic heterocycles. The van der Waals surface area contributed by atoms with Crippen molar-refractivity contribution in [2.45, 2.75) is 13.0 Å². The Kier molecular flexibility index (Phi) is 3.82. The highest BCUT2D eigenvalue weighted by Gasteiger charge is 2.32. The summed E-state index contributed by atoms with van der Waals surface area (Å²) in [4.78, 5) is 14.5. The Morgan fingerprint density at radius 1 is 1.48 bits per heavy atom. The molecule has 23 heavy (non-hydrogen) atoms. The number of rotatable bonds is 1. The first kappa shape index (κ1) is 15.2. The standard InChI is InChI=1S/C16H16FN3O3/c1-10-12(2-3-14(17)13(10)6-18)15-8-19-4-5-20(16(21)22)7-11(19)9-23-15/h2-3,8,11H,4-5,7,9H2,1H3,(H,21,22)/t11-/m0/s1. The molecular weight excluding hydrogens is 301 g/mol. The highest BCUT2D eigenvalue weighted by atomic mass is 19.1. The fourth-order valence-corrected chi connectivity index (χ4v) is 2.97. The number of piperazine rings is 1. The summed E-state index contributed by atoms with van der Waals surface area (Å²) in [5.41, 5.74) is 1.24. The number of carboxylic acid groups (broad SMARTS) is 1. The number of nitriles is 1. The van der Waals surface area contributed by atoms with Gasteiger partial charge < -0.3 is 19.6 Å². The molecule has 1 N–H and O–H groups in total. The number of hydrogen-bond acceptors (Lipinski definition) is 4. The molecule has 7 heteroatoms. The number of nitrogens with zero attached hydrogens (tertiary/aromatic N) is 3. The average molecular weight is 317 g/mol. The molecule has 1 amide bonds. The predicted octanol–water partition coefficient (Wildman–Crippen LogP) is 2.00. The molecule has 0 bridgehead atoms. The Hall–Kier alpha value is -2.75. The van der Waals surface area contributed by atoms with Crippen molar-refractivity contribution in [2.75, 3.05) is 26.2 Å². The van der Waals surface area contributed by atoms with E-state index in [0.717, 1.165) is 0 Å². The van der Waals surface area contributed by atoms with Crippen LogP contribution in [0.1, 0.15) is 16.7 Å². The molecule has 0 spiro atoms. The second kappa shape index (κ2) is 5.80. The highest BCUT2D eigenvalue weighted by molar-refractivity contribution is 5.67. The van der Waals surface area contributed by atoms with Crippen molar-refractivity contribution < 1.29 is 19.0 Å². The Bertz CT molecular complexity index is 726. The maximum atomic E-state index is 13.6. The third-order valence-electron chi connectivity index (χ3n) is 4.30. The van der Waals surface area contributed by atoms with Crippen molar-refractivity contribution in [3.05, 3.63) is 40.8 Å². The molecule has 6 nitrogen and oxygen atoms in total. The van der Waals surface area contributed by atoms with Crippen LogP contribution in [0, 0.1) is 24.1 Å². The molecule has 1 aromatic carbocycles. The summed E-state index contributed by atoms with van der Waals surface area (Å²) in [7, 11) is 0. The van der Waals surface area contributed by atoms with E-state index in [4.69, 9.17) is 15.1 Å². The lowest BCUT2D eigenvalue weighted by atomic mass is 10.0. The van der Waals surface area contributed by atoms with Crippen LogP contribution >= 0.6 is 0 Å². The normalized spacial score (nSPS) is 20.2. The van der Waals surface area contributed by atoms with Crippen LogP contribution < -0.4 is 0 Å². The third kappa shape index (κ3) is 2.68. The number of benzene rings is 1. The maximum absolute atomic E-state index is 13.6. The smallest absolute Gasteiger partial charge is 0.407 e. The van der Waals surface area contributed by atoms with Gasteiger partial charge in [0.15, 0.2) is 0 Å². The highest BCUT2D eigenvalue weighted by Crippen LogP contribution is 2.29. The van der Waals surface area contributed by atoms with Gasteiger partial charge in [0.1, 0.15) is 24.3 Å². The van der Waals surface area contributed by atoms with Crippen LogP contribution in [-0.4, -0.2) is 53.3 Å². The van der Waals surface area contributed by atoms with Crippen LogP contribution in [0.3, 0.4) is 0 Å². The number of halogens is 1. The monoisotopic (exact) mass is 317 g/mol. The topological polar surface area (TPSA) is 76.8 Å². The third-order valence-corrected chi connectivity index (χ3v) is 4.30. The summed E-state index contributed by atoms with van der Waals surface area (Å²) in [6.45, 7) is 3.45. The Labute approximate surface area is 133 Å². The van der Waals surface area contributed by atoms with Crippen LogP contribution in [-0.2, 0) is 4.74 Å². The molecule has 3 rings (SSSR count). The molecule has 1 aromatic rings. The molecule has 0 radical (unpaired) electrons. The molecule has 0 saturated carbocycles. The van der Waals surface area contributed by atoms with Crippen LogP contribution in [0.25, 0.3) is 5.76 Å². The molecular formula is C16H16FN3O3. The minimum absolute atomic E-state index is 0.0184. The lowest BCUT2D eigenvalue weighted by Crippen LogP contribution is -2.55. The lowest BCUT2D eigenvalue weighted by molar-refractivity contribution is 0.0520. The fraction of sp³-hybridized carbons (Fsp3) is 0.375. The van der Waals surface area contributed by atoms with Crippen molar-refractivity contribution in [3.8, 4) is 6.07 Å². The number of amides is 1. The zero-order valence-corrected chi connectivity index (χ0v) is 12.6. The van der Waals surface area contributed by atoms with Gasteiger partial charge in [-0.2, -0.15) is 5.26 Å². The van der Waals surface area contributed by atoms with E-state index in [1.54, 1.807) is 13.0 Å². The number of ether oxygens (including phenoxy) is 1. The Morgan fingerprint density at radius 2 is 2.26 bits per heavy atom. The van der Waals surface area contributed by atoms with Crippen molar-refractivity contribution in [3.63, 3.8) is 0 Å². The first-order valence-electron chi connectivity index (χ1n) is 7.29. The fourth-order valence-electron chi connectivity index (χ4n) is 2.97. The molecule has 2 heterocycles. The second-order valence-electron chi connectivity index (χ2n) is 5.63. The SMILES string of the molecule is Cc1c(C2=CN3CCN(C(=O)O)C[C@H]3CO2)ccc(F)c1C#N. The van der Waals surface area contributed by atoms with Gasteiger partial charge >= 0.3 is 6.09 Å². The van der Waals surface area contributed by atoms with E-state index >= 15 is 0 Å². The van der Waals surface area contributed by atoms with Gasteiger partial charge in [-0.1, -0.05) is 0 Å². The molecule has 0 aliphatic carbocycles. The summed E-state index contributed by atoms with van der Waals surface area (Å²) in [5, 5.41) is 18.1. The molecule has 0 aromatic heterocycles. The van der Waals surface area contributed by atoms with E-state index in [1.807, 2.05) is 17.2 Å². The van der Waals surface area contributed by atoms with Gasteiger partial charge in [0, 0.05) is 31.4 Å². The number of carbonyl (C=O) groups is 1. The van der Waals surface area contributed by atoms with Gasteiger partial charge in [0.2, 0.25) is 0 Å². The van der Waals surface area contributed by atoms with E-state index in [9.17, 15) is 9.18 Å². The summed E-state index contributed by atoms with van der Waals surface area (Å²) >= 11 is 0. The first-order valence-corrected chi connectivity index (χ1v) is 7.29. The summed E-state index contributed by atoms with van der Waals surface area (Å²) in [6.07, 6.45) is 0.904. The van der Waals surface area contributed by atoms with E-state index in [0.29, 0.717) is 43.1 Å². The van der Waals surface area contributed by atoms with Crippen LogP contribution in [0.15, 0.2) is 18.3 Å². The number of hydrogen-bond donors (Lipinski definition) is 1. The zero-order chi connectivity index (χ0) is 16.6. The number of fused-ring (bicyclic) bond motifs is 1. The molecule has 1 saturated heterocycles. The van der Waals surface area contributed by atoms with E-state index in [2.05, 4.69) is 0 Å². The maximum Gasteiger partial charge on any atom is 0.407 e. The minimum Gasteiger partial charge on any atom is -0.489 e. The van der Waals surface area contributed by atoms with Crippen molar-refractivity contribution >= 4 is 11.9 Å². The lowest BCUT2D eigenvalue weighted by Gasteiger charge is -2.42. The molecule has 1 fully saturated rings. The van der Waals surface area contributed by atoms with Crippen LogP contribution in [0.2, 0.25) is 0 Å².